The highest BCUT2D eigenvalue weighted by Crippen LogP contribution is 2.58. The molecule has 86 valence electrons. The molecule has 4 rings (SSSR count). The Balaban J connectivity index is 1.86. The van der Waals surface area contributed by atoms with Gasteiger partial charge in [0.2, 0.25) is 0 Å². The molecule has 4 bridgehead atoms. The van der Waals surface area contributed by atoms with E-state index >= 15 is 0 Å². The van der Waals surface area contributed by atoms with E-state index in [1.54, 1.807) is 6.42 Å². The molecule has 4 fully saturated rings. The molecular formula is C14H25N. The molecule has 1 nitrogen and oxygen atoms in total. The SMILES string of the molecule is CCC(C)(N)C1C2CC3CC(C2)CC1C3. The molecule has 0 spiro atoms. The van der Waals surface area contributed by atoms with Crippen LogP contribution in [-0.4, -0.2) is 5.54 Å². The van der Waals surface area contributed by atoms with Gasteiger partial charge in [0.05, 0.1) is 0 Å². The Labute approximate surface area is 93.8 Å². The predicted molar refractivity (Wildman–Crippen MR) is 63.4 cm³/mol. The van der Waals surface area contributed by atoms with Crippen molar-refractivity contribution in [3.63, 3.8) is 0 Å². The molecule has 0 aromatic carbocycles. The highest BCUT2D eigenvalue weighted by Gasteiger charge is 2.52. The maximum Gasteiger partial charge on any atom is 0.0157 e. The Morgan fingerprint density at radius 3 is 1.87 bits per heavy atom. The molecule has 4 saturated carbocycles. The van der Waals surface area contributed by atoms with Gasteiger partial charge in [0.25, 0.3) is 0 Å². The van der Waals surface area contributed by atoms with Crippen molar-refractivity contribution in [2.24, 2.45) is 35.3 Å². The maximum atomic E-state index is 6.54. The van der Waals surface area contributed by atoms with Gasteiger partial charge in [-0.1, -0.05) is 6.92 Å². The Hall–Kier alpha value is -0.0400. The second-order valence-electron chi connectivity index (χ2n) is 6.82. The molecule has 0 saturated heterocycles. The van der Waals surface area contributed by atoms with E-state index < -0.39 is 0 Å². The molecule has 1 heteroatoms. The van der Waals surface area contributed by atoms with Crippen molar-refractivity contribution in [3.8, 4) is 0 Å². The van der Waals surface area contributed by atoms with Gasteiger partial charge in [-0.25, -0.2) is 0 Å². The molecule has 0 aromatic heterocycles. The lowest BCUT2D eigenvalue weighted by molar-refractivity contribution is -0.0667. The zero-order valence-corrected chi connectivity index (χ0v) is 10.2. The minimum Gasteiger partial charge on any atom is -0.325 e. The van der Waals surface area contributed by atoms with Crippen LogP contribution in [0.2, 0.25) is 0 Å². The number of rotatable bonds is 2. The summed E-state index contributed by atoms with van der Waals surface area (Å²) >= 11 is 0. The second-order valence-corrected chi connectivity index (χ2v) is 6.82. The first-order valence-electron chi connectivity index (χ1n) is 6.89. The topological polar surface area (TPSA) is 26.0 Å². The zero-order chi connectivity index (χ0) is 10.6. The Morgan fingerprint density at radius 2 is 1.47 bits per heavy atom. The van der Waals surface area contributed by atoms with Crippen molar-refractivity contribution < 1.29 is 0 Å². The third-order valence-electron chi connectivity index (χ3n) is 5.75. The van der Waals surface area contributed by atoms with Crippen LogP contribution >= 0.6 is 0 Å². The van der Waals surface area contributed by atoms with Gasteiger partial charge < -0.3 is 5.73 Å². The van der Waals surface area contributed by atoms with Gasteiger partial charge in [0.15, 0.2) is 0 Å². The summed E-state index contributed by atoms with van der Waals surface area (Å²) in [7, 11) is 0. The van der Waals surface area contributed by atoms with Gasteiger partial charge in [-0.2, -0.15) is 0 Å². The van der Waals surface area contributed by atoms with Crippen LogP contribution in [0.3, 0.4) is 0 Å². The number of nitrogens with two attached hydrogens (primary N) is 1. The fourth-order valence-electron chi connectivity index (χ4n) is 5.24. The summed E-state index contributed by atoms with van der Waals surface area (Å²) in [4.78, 5) is 0. The summed E-state index contributed by atoms with van der Waals surface area (Å²) in [6, 6.07) is 0. The van der Waals surface area contributed by atoms with Gasteiger partial charge in [0, 0.05) is 5.54 Å². The summed E-state index contributed by atoms with van der Waals surface area (Å²) in [5, 5.41) is 0. The highest BCUT2D eigenvalue weighted by molar-refractivity contribution is 5.04. The van der Waals surface area contributed by atoms with Crippen LogP contribution in [-0.2, 0) is 0 Å². The highest BCUT2D eigenvalue weighted by atomic mass is 14.8. The smallest absolute Gasteiger partial charge is 0.0157 e. The third-order valence-corrected chi connectivity index (χ3v) is 5.75. The monoisotopic (exact) mass is 207 g/mol. The summed E-state index contributed by atoms with van der Waals surface area (Å²) in [6.45, 7) is 4.57. The van der Waals surface area contributed by atoms with E-state index in [1.165, 1.54) is 25.7 Å². The van der Waals surface area contributed by atoms with Crippen molar-refractivity contribution in [2.45, 2.75) is 57.9 Å². The molecule has 0 aliphatic heterocycles. The molecule has 2 N–H and O–H groups in total. The fraction of sp³-hybridized carbons (Fsp3) is 1.00. The first-order chi connectivity index (χ1) is 7.10. The third kappa shape index (κ3) is 1.46. The first kappa shape index (κ1) is 10.1. The van der Waals surface area contributed by atoms with Crippen LogP contribution in [0.25, 0.3) is 0 Å². The van der Waals surface area contributed by atoms with Crippen LogP contribution in [0.5, 0.6) is 0 Å². The number of hydrogen-bond donors (Lipinski definition) is 1. The van der Waals surface area contributed by atoms with Crippen molar-refractivity contribution in [1.29, 1.82) is 0 Å². The molecule has 0 radical (unpaired) electrons. The van der Waals surface area contributed by atoms with E-state index in [1.807, 2.05) is 0 Å². The molecular weight excluding hydrogens is 182 g/mol. The van der Waals surface area contributed by atoms with Crippen LogP contribution in [0.1, 0.15) is 52.4 Å². The Bertz CT molecular complexity index is 228. The molecule has 4 aliphatic carbocycles. The van der Waals surface area contributed by atoms with Gasteiger partial charge in [-0.15, -0.1) is 0 Å². The Kier molecular flexibility index (Phi) is 2.18. The minimum absolute atomic E-state index is 0.114. The molecule has 4 aliphatic rings. The van der Waals surface area contributed by atoms with Crippen LogP contribution in [0, 0.1) is 29.6 Å². The van der Waals surface area contributed by atoms with Crippen molar-refractivity contribution in [2.75, 3.05) is 0 Å². The summed E-state index contributed by atoms with van der Waals surface area (Å²) in [6.07, 6.45) is 8.72. The van der Waals surface area contributed by atoms with Crippen molar-refractivity contribution >= 4 is 0 Å². The lowest BCUT2D eigenvalue weighted by atomic mass is 9.48. The van der Waals surface area contributed by atoms with Crippen LogP contribution in [0.15, 0.2) is 0 Å². The van der Waals surface area contributed by atoms with Gasteiger partial charge in [-0.05, 0) is 75.0 Å². The van der Waals surface area contributed by atoms with E-state index in [0.717, 1.165) is 36.0 Å². The molecule has 0 amide bonds. The van der Waals surface area contributed by atoms with Crippen molar-refractivity contribution in [3.05, 3.63) is 0 Å². The molecule has 1 unspecified atom stereocenters. The zero-order valence-electron chi connectivity index (χ0n) is 10.2. The summed E-state index contributed by atoms with van der Waals surface area (Å²) in [5.74, 6) is 4.97. The predicted octanol–water partition coefficient (Wildman–Crippen LogP) is 3.19. The van der Waals surface area contributed by atoms with Gasteiger partial charge in [-0.3, -0.25) is 0 Å². The largest absolute Gasteiger partial charge is 0.325 e. The lowest BCUT2D eigenvalue weighted by Crippen LogP contribution is -2.57. The lowest BCUT2D eigenvalue weighted by Gasteiger charge is -2.58. The first-order valence-corrected chi connectivity index (χ1v) is 6.89. The molecule has 15 heavy (non-hydrogen) atoms. The molecule has 1 atom stereocenters. The minimum atomic E-state index is 0.114. The Morgan fingerprint density at radius 1 is 1.00 bits per heavy atom. The van der Waals surface area contributed by atoms with E-state index in [9.17, 15) is 0 Å². The quantitative estimate of drug-likeness (QED) is 0.739. The molecule has 0 aromatic rings. The average molecular weight is 207 g/mol. The summed E-state index contributed by atoms with van der Waals surface area (Å²) in [5.41, 5.74) is 6.66. The standard InChI is InChI=1S/C14H25N/c1-3-14(2,15)13-11-5-9-4-10(7-11)8-12(13)6-9/h9-13H,3-8,15H2,1-2H3. The fourth-order valence-corrected chi connectivity index (χ4v) is 5.24. The molecule has 0 heterocycles. The van der Waals surface area contributed by atoms with Gasteiger partial charge in [0.1, 0.15) is 0 Å². The van der Waals surface area contributed by atoms with E-state index in [4.69, 9.17) is 5.73 Å². The number of hydrogen-bond acceptors (Lipinski definition) is 1. The normalized spacial score (nSPS) is 51.8. The maximum absolute atomic E-state index is 6.54. The van der Waals surface area contributed by atoms with Crippen molar-refractivity contribution in [1.82, 2.24) is 0 Å². The average Bonchev–Trinajstić information content (AvgIpc) is 2.15. The van der Waals surface area contributed by atoms with E-state index in [-0.39, 0.29) is 5.54 Å². The van der Waals surface area contributed by atoms with Crippen LogP contribution in [0.4, 0.5) is 0 Å². The second kappa shape index (κ2) is 3.23. The van der Waals surface area contributed by atoms with Gasteiger partial charge >= 0.3 is 0 Å². The van der Waals surface area contributed by atoms with Crippen LogP contribution < -0.4 is 5.73 Å². The summed E-state index contributed by atoms with van der Waals surface area (Å²) < 4.78 is 0. The van der Waals surface area contributed by atoms with E-state index in [2.05, 4.69) is 13.8 Å². The van der Waals surface area contributed by atoms with E-state index in [0.29, 0.717) is 0 Å².